The van der Waals surface area contributed by atoms with Gasteiger partial charge in [-0.1, -0.05) is 381 Å². The van der Waals surface area contributed by atoms with Crippen molar-refractivity contribution in [3.63, 3.8) is 0 Å². The molecule has 15 heteroatoms. The van der Waals surface area contributed by atoms with E-state index in [0.717, 1.165) is 188 Å². The van der Waals surface area contributed by atoms with Crippen molar-refractivity contribution < 1.29 is 74.0 Å². The maximum atomic E-state index is 7.00. The molecule has 0 amide bonds. The van der Waals surface area contributed by atoms with E-state index in [1.165, 1.54) is 124 Å². The molecule has 0 atom stereocenters. The van der Waals surface area contributed by atoms with Gasteiger partial charge in [-0.2, -0.15) is 0 Å². The van der Waals surface area contributed by atoms with Crippen LogP contribution in [0.1, 0.15) is 295 Å². The van der Waals surface area contributed by atoms with Gasteiger partial charge in [0.25, 0.3) is 0 Å². The number of hydrogen-bond acceptors (Lipinski definition) is 15. The lowest BCUT2D eigenvalue weighted by Crippen LogP contribution is -2.10. The molecule has 128 heavy (non-hydrogen) atoms. The fourth-order valence-corrected chi connectivity index (χ4v) is 11.7. The number of aliphatic hydroxyl groups is 8. The first-order valence-corrected chi connectivity index (χ1v) is 46.6. The first-order valence-electron chi connectivity index (χ1n) is 46.6. The number of benzene rings is 11. The highest BCUT2D eigenvalue weighted by molar-refractivity contribution is 5.65. The first-order chi connectivity index (χ1) is 63.2. The monoisotopic (exact) mass is 1770 g/mol. The van der Waals surface area contributed by atoms with Gasteiger partial charge >= 0.3 is 0 Å². The van der Waals surface area contributed by atoms with Gasteiger partial charge < -0.3 is 74.0 Å². The Morgan fingerprint density at radius 3 is 0.555 bits per heavy atom. The van der Waals surface area contributed by atoms with E-state index in [2.05, 4.69) is 183 Å². The van der Waals surface area contributed by atoms with Crippen molar-refractivity contribution in [2.24, 2.45) is 0 Å². The van der Waals surface area contributed by atoms with Gasteiger partial charge in [0, 0.05) is 125 Å². The summed E-state index contributed by atoms with van der Waals surface area (Å²) in [5, 5.41) is 56.0. The molecule has 0 spiro atoms. The molecule has 0 saturated carbocycles. The van der Waals surface area contributed by atoms with Crippen LogP contribution in [-0.2, 0) is 44.9 Å². The van der Waals surface area contributed by atoms with Gasteiger partial charge in [0.15, 0.2) is 11.5 Å². The molecule has 18 rings (SSSR count). The van der Waals surface area contributed by atoms with Crippen LogP contribution in [0.25, 0.3) is 0 Å². The van der Waals surface area contributed by atoms with E-state index in [1.807, 2.05) is 214 Å². The molecular formula is C113H172O15. The molecule has 0 saturated heterocycles. The minimum Gasteiger partial charge on any atom is -0.457 e. The minimum atomic E-state index is 0.858. The van der Waals surface area contributed by atoms with Gasteiger partial charge in [-0.3, -0.25) is 0 Å². The van der Waals surface area contributed by atoms with Crippen LogP contribution in [0.15, 0.2) is 231 Å². The van der Waals surface area contributed by atoms with Crippen molar-refractivity contribution in [2.45, 2.75) is 262 Å². The second kappa shape index (κ2) is 87.4. The predicted octanol–water partition coefficient (Wildman–Crippen LogP) is 30.9. The van der Waals surface area contributed by atoms with E-state index >= 15 is 0 Å². The summed E-state index contributed by atoms with van der Waals surface area (Å²) < 4.78 is 42.5. The minimum absolute atomic E-state index is 0.858. The fraction of sp³-hybridized carbons (Fsp3) is 0.416. The second-order valence-corrected chi connectivity index (χ2v) is 25.0. The van der Waals surface area contributed by atoms with E-state index in [-0.39, 0.29) is 0 Å². The van der Waals surface area contributed by atoms with Gasteiger partial charge in [-0.05, 0) is 122 Å². The summed E-state index contributed by atoms with van der Waals surface area (Å²) in [6.07, 6.45) is 16.9. The molecule has 7 aliphatic rings. The SMILES string of the molecule is CC.CC.CC.CC.CC.CC.CC.CC.CCCC.CCCC.CCCC.CCCC.CO.CO.CO.CO.CO.CO.CO.CO.c1ccc2c(c1)Cc1c(ccc3c1Oc1ccccc1C3)O2.c1ccc2c(c1)Cc1cc3c(cc1O2)Oc1ccccc1C3.c1ccc2c(c1)Cc1ccc3c(c1O2)Oc1ccccc1C3.c1ccc2c(c1)Cc1ccccc1O2. The molecule has 0 radical (unpaired) electrons. The Labute approximate surface area is 777 Å². The fourth-order valence-electron chi connectivity index (χ4n) is 11.7. The summed E-state index contributed by atoms with van der Waals surface area (Å²) in [5.74, 6) is 13.1. The van der Waals surface area contributed by atoms with E-state index < -0.39 is 0 Å². The van der Waals surface area contributed by atoms with Crippen molar-refractivity contribution in [2.75, 3.05) is 56.9 Å². The second-order valence-electron chi connectivity index (χ2n) is 25.0. The Kier molecular flexibility index (Phi) is 87.7. The Morgan fingerprint density at radius 2 is 0.320 bits per heavy atom. The molecule has 714 valence electrons. The molecule has 0 fully saturated rings. The molecule has 7 heterocycles. The van der Waals surface area contributed by atoms with E-state index in [4.69, 9.17) is 74.0 Å². The van der Waals surface area contributed by atoms with Crippen molar-refractivity contribution in [1.29, 1.82) is 0 Å². The van der Waals surface area contributed by atoms with Gasteiger partial charge in [-0.15, -0.1) is 0 Å². The summed E-state index contributed by atoms with van der Waals surface area (Å²) >= 11 is 0. The molecule has 15 nitrogen and oxygen atoms in total. The van der Waals surface area contributed by atoms with Crippen LogP contribution < -0.4 is 33.2 Å². The molecular weight excluding hydrogens is 1600 g/mol. The Bertz CT molecular complexity index is 3820. The molecule has 0 aliphatic carbocycles. The van der Waals surface area contributed by atoms with E-state index in [0.29, 0.717) is 0 Å². The number of rotatable bonds is 4. The number of fused-ring (bicyclic) bond motifs is 16. The zero-order chi connectivity index (χ0) is 98.6. The van der Waals surface area contributed by atoms with Crippen LogP contribution in [0.4, 0.5) is 0 Å². The molecule has 0 aromatic heterocycles. The largest absolute Gasteiger partial charge is 0.457 e. The van der Waals surface area contributed by atoms with E-state index in [1.54, 1.807) is 0 Å². The summed E-state index contributed by atoms with van der Waals surface area (Å²) in [7, 11) is 8.00. The topological polar surface area (TPSA) is 226 Å². The third-order valence-electron chi connectivity index (χ3n) is 17.8. The quantitative estimate of drug-likeness (QED) is 0.0820. The van der Waals surface area contributed by atoms with E-state index in [9.17, 15) is 0 Å². The van der Waals surface area contributed by atoms with Crippen LogP contribution >= 0.6 is 0 Å². The van der Waals surface area contributed by atoms with Crippen LogP contribution in [0.3, 0.4) is 0 Å². The third kappa shape index (κ3) is 43.2. The molecule has 7 aliphatic heterocycles. The first kappa shape index (κ1) is 128. The summed E-state index contributed by atoms with van der Waals surface area (Å²) in [5.41, 5.74) is 17.2. The zero-order valence-corrected chi connectivity index (χ0v) is 85.0. The lowest BCUT2D eigenvalue weighted by atomic mass is 9.93. The Hall–Kier alpha value is -10.3. The van der Waals surface area contributed by atoms with Gasteiger partial charge in [0.2, 0.25) is 0 Å². The zero-order valence-electron chi connectivity index (χ0n) is 85.0. The van der Waals surface area contributed by atoms with Crippen LogP contribution in [0.2, 0.25) is 0 Å². The lowest BCUT2D eigenvalue weighted by Gasteiger charge is -2.27. The standard InChI is InChI=1S/3C20H14O2.C13H10O.4C4H10.8C2H6.8CH4O/c1-4-8-18-13(5-1)11-15-9-10-19-16(20(15)22-18)12-14-6-2-3-7-17(14)21-19;1-3-7-17-13(5-1)9-15-11-16-10-14-6-2-4-8-18(14)22-20(16)12-19(15)21-17;1-3-7-17-13(5-1)11-15-9-10-16-12-14-6-2-4-8-18(14)22-20(16)19(15)21-17;1-3-7-12-10(5-1)9-11-6-2-4-8-13(11)14-12;4*1-3-4-2;16*1-2/h1-10H,11-12H2;1-8,11-12H,9-10H2;1-10H,11-12H2;1-8H,9H2;4*3-4H2,1-2H3;8*1-2H3;8*2H,1H3. The maximum Gasteiger partial charge on any atom is 0.173 e. The lowest BCUT2D eigenvalue weighted by molar-refractivity contribution is 0.395. The number of ether oxygens (including phenoxy) is 7. The Morgan fingerprint density at radius 1 is 0.156 bits per heavy atom. The van der Waals surface area contributed by atoms with Crippen molar-refractivity contribution in [3.05, 3.63) is 308 Å². The molecule has 11 aromatic rings. The number of hydrogen-bond donors (Lipinski definition) is 8. The summed E-state index contributed by atoms with van der Waals surface area (Å²) in [4.78, 5) is 0. The van der Waals surface area contributed by atoms with Crippen LogP contribution in [0, 0.1) is 0 Å². The van der Waals surface area contributed by atoms with Crippen molar-refractivity contribution in [1.82, 2.24) is 0 Å². The molecule has 8 N–H and O–H groups in total. The van der Waals surface area contributed by atoms with Crippen molar-refractivity contribution in [3.8, 4) is 80.5 Å². The number of para-hydroxylation sites is 8. The van der Waals surface area contributed by atoms with Crippen LogP contribution in [0.5, 0.6) is 80.5 Å². The van der Waals surface area contributed by atoms with Gasteiger partial charge in [0.05, 0.1) is 0 Å². The summed E-state index contributed by atoms with van der Waals surface area (Å²) in [6.45, 7) is 49.4. The smallest absolute Gasteiger partial charge is 0.173 e. The number of aliphatic hydroxyl groups excluding tert-OH is 8. The molecule has 11 aromatic carbocycles. The average Bonchev–Trinajstić information content (AvgIpc) is 0.532. The van der Waals surface area contributed by atoms with Crippen LogP contribution in [-0.4, -0.2) is 97.7 Å². The highest BCUT2D eigenvalue weighted by atomic mass is 16.5. The maximum absolute atomic E-state index is 7.00. The van der Waals surface area contributed by atoms with Crippen molar-refractivity contribution >= 4 is 0 Å². The summed E-state index contributed by atoms with van der Waals surface area (Å²) in [6, 6.07) is 78.5. The average molecular weight is 1770 g/mol. The number of unbranched alkanes of at least 4 members (excludes halogenated alkanes) is 4. The molecule has 0 unspecified atom stereocenters. The molecule has 0 bridgehead atoms. The highest BCUT2D eigenvalue weighted by Crippen LogP contribution is 2.51. The predicted molar refractivity (Wildman–Crippen MR) is 549 cm³/mol. The highest BCUT2D eigenvalue weighted by Gasteiger charge is 2.29. The van der Waals surface area contributed by atoms with Gasteiger partial charge in [-0.25, -0.2) is 0 Å². The normalized spacial score (nSPS) is 10.2. The Balaban J connectivity index is -0.000000335. The third-order valence-corrected chi connectivity index (χ3v) is 17.8. The van der Waals surface area contributed by atoms with Gasteiger partial charge in [0.1, 0.15) is 69.0 Å².